The molecule has 0 saturated carbocycles. The molecule has 0 saturated heterocycles. The summed E-state index contributed by atoms with van der Waals surface area (Å²) in [5, 5.41) is 3.42. The number of hydrogen-bond acceptors (Lipinski definition) is 1. The minimum Gasteiger partial charge on any atom is -0.319 e. The third kappa shape index (κ3) is 3.36. The molecule has 0 aromatic heterocycles. The summed E-state index contributed by atoms with van der Waals surface area (Å²) in [5.41, 5.74) is 5.90. The lowest BCUT2D eigenvalue weighted by molar-refractivity contribution is 0.389. The predicted molar refractivity (Wildman–Crippen MR) is 92.0 cm³/mol. The Bertz CT molecular complexity index is 553. The van der Waals surface area contributed by atoms with Gasteiger partial charge in [-0.3, -0.25) is 0 Å². The molecule has 1 unspecified atom stereocenters. The van der Waals surface area contributed by atoms with Crippen LogP contribution < -0.4 is 5.32 Å². The fraction of sp³-hybridized carbons (Fsp3) is 0.400. The van der Waals surface area contributed by atoms with Crippen molar-refractivity contribution in [3.8, 4) is 0 Å². The summed E-state index contributed by atoms with van der Waals surface area (Å²) in [6.07, 6.45) is 2.22. The van der Waals surface area contributed by atoms with E-state index in [9.17, 15) is 0 Å². The Balaban J connectivity index is 2.46. The molecule has 0 amide bonds. The van der Waals surface area contributed by atoms with E-state index in [4.69, 9.17) is 0 Å². The van der Waals surface area contributed by atoms with E-state index in [1.807, 2.05) is 0 Å². The molecule has 0 aliphatic carbocycles. The van der Waals surface area contributed by atoms with Crippen LogP contribution in [0, 0.1) is 13.8 Å². The highest BCUT2D eigenvalue weighted by Crippen LogP contribution is 2.33. The molecule has 112 valence electrons. The van der Waals surface area contributed by atoms with Crippen molar-refractivity contribution in [2.45, 2.75) is 39.0 Å². The molecule has 0 bridgehead atoms. The van der Waals surface area contributed by atoms with E-state index in [1.54, 1.807) is 0 Å². The van der Waals surface area contributed by atoms with E-state index < -0.39 is 0 Å². The average Bonchev–Trinajstić information content (AvgIpc) is 2.51. The fourth-order valence-electron chi connectivity index (χ4n) is 3.32. The smallest absolute Gasteiger partial charge is 0.0115 e. The topological polar surface area (TPSA) is 12.0 Å². The number of likely N-dealkylation sites (N-methyl/N-ethyl adjacent to an activating group) is 1. The van der Waals surface area contributed by atoms with Gasteiger partial charge in [0.15, 0.2) is 0 Å². The maximum atomic E-state index is 3.42. The molecule has 0 heterocycles. The van der Waals surface area contributed by atoms with E-state index in [0.717, 1.165) is 19.4 Å². The molecule has 0 aliphatic rings. The highest BCUT2D eigenvalue weighted by Gasteiger charge is 2.30. The van der Waals surface area contributed by atoms with Crippen molar-refractivity contribution in [3.63, 3.8) is 0 Å². The van der Waals surface area contributed by atoms with Gasteiger partial charge in [-0.25, -0.2) is 0 Å². The Morgan fingerprint density at radius 3 is 2.05 bits per heavy atom. The third-order valence-electron chi connectivity index (χ3n) is 4.74. The third-order valence-corrected chi connectivity index (χ3v) is 4.74. The van der Waals surface area contributed by atoms with Crippen LogP contribution in [0.15, 0.2) is 48.5 Å². The SMILES string of the molecule is CCC(CNC)(Cc1c(C)cccc1C)c1ccccc1. The summed E-state index contributed by atoms with van der Waals surface area (Å²) < 4.78 is 0. The summed E-state index contributed by atoms with van der Waals surface area (Å²) in [7, 11) is 2.05. The Hall–Kier alpha value is -1.60. The molecule has 0 aliphatic heterocycles. The van der Waals surface area contributed by atoms with Crippen molar-refractivity contribution < 1.29 is 0 Å². The van der Waals surface area contributed by atoms with Crippen LogP contribution in [-0.4, -0.2) is 13.6 Å². The number of aryl methyl sites for hydroxylation is 2. The van der Waals surface area contributed by atoms with Crippen LogP contribution in [0.4, 0.5) is 0 Å². The van der Waals surface area contributed by atoms with Gasteiger partial charge in [-0.05, 0) is 56.0 Å². The second-order valence-corrected chi connectivity index (χ2v) is 6.08. The van der Waals surface area contributed by atoms with Crippen LogP contribution in [0.2, 0.25) is 0 Å². The van der Waals surface area contributed by atoms with Gasteiger partial charge in [0, 0.05) is 12.0 Å². The van der Waals surface area contributed by atoms with Gasteiger partial charge in [-0.2, -0.15) is 0 Å². The Morgan fingerprint density at radius 2 is 1.52 bits per heavy atom. The first-order valence-corrected chi connectivity index (χ1v) is 7.88. The Morgan fingerprint density at radius 1 is 0.905 bits per heavy atom. The van der Waals surface area contributed by atoms with Gasteiger partial charge in [0.1, 0.15) is 0 Å². The number of nitrogens with one attached hydrogen (secondary N) is 1. The molecule has 0 fully saturated rings. The molecule has 0 radical (unpaired) electrons. The molecule has 0 spiro atoms. The molecule has 1 atom stereocenters. The van der Waals surface area contributed by atoms with E-state index in [2.05, 4.69) is 81.7 Å². The van der Waals surface area contributed by atoms with Crippen molar-refractivity contribution in [2.75, 3.05) is 13.6 Å². The first-order chi connectivity index (χ1) is 10.1. The summed E-state index contributed by atoms with van der Waals surface area (Å²) in [6.45, 7) is 7.76. The second-order valence-electron chi connectivity index (χ2n) is 6.08. The monoisotopic (exact) mass is 281 g/mol. The summed E-state index contributed by atoms with van der Waals surface area (Å²) in [6, 6.07) is 17.6. The van der Waals surface area contributed by atoms with E-state index >= 15 is 0 Å². The van der Waals surface area contributed by atoms with E-state index in [-0.39, 0.29) is 5.41 Å². The standard InChI is InChI=1S/C20H27N/c1-5-20(15-21-4,18-12-7-6-8-13-18)14-19-16(2)10-9-11-17(19)3/h6-13,21H,5,14-15H2,1-4H3. The van der Waals surface area contributed by atoms with E-state index in [0.29, 0.717) is 0 Å². The Kier molecular flexibility index (Phi) is 5.19. The van der Waals surface area contributed by atoms with Gasteiger partial charge in [-0.15, -0.1) is 0 Å². The average molecular weight is 281 g/mol. The second kappa shape index (κ2) is 6.91. The minimum atomic E-state index is 0.160. The first kappa shape index (κ1) is 15.8. The number of rotatable bonds is 6. The van der Waals surface area contributed by atoms with Gasteiger partial charge >= 0.3 is 0 Å². The minimum absolute atomic E-state index is 0.160. The van der Waals surface area contributed by atoms with Crippen molar-refractivity contribution in [1.29, 1.82) is 0 Å². The first-order valence-electron chi connectivity index (χ1n) is 7.88. The largest absolute Gasteiger partial charge is 0.319 e. The molecular weight excluding hydrogens is 254 g/mol. The van der Waals surface area contributed by atoms with Gasteiger partial charge in [0.05, 0.1) is 0 Å². The zero-order valence-corrected chi connectivity index (χ0v) is 13.7. The molecular formula is C20H27N. The van der Waals surface area contributed by atoms with Gasteiger partial charge < -0.3 is 5.32 Å². The summed E-state index contributed by atoms with van der Waals surface area (Å²) in [4.78, 5) is 0. The molecule has 2 aromatic carbocycles. The maximum absolute atomic E-state index is 3.42. The van der Waals surface area contributed by atoms with Crippen LogP contribution in [0.5, 0.6) is 0 Å². The van der Waals surface area contributed by atoms with Crippen LogP contribution in [-0.2, 0) is 11.8 Å². The molecule has 21 heavy (non-hydrogen) atoms. The molecule has 1 N–H and O–H groups in total. The van der Waals surface area contributed by atoms with Gasteiger partial charge in [0.25, 0.3) is 0 Å². The maximum Gasteiger partial charge on any atom is 0.0115 e. The van der Waals surface area contributed by atoms with Crippen molar-refractivity contribution in [1.82, 2.24) is 5.32 Å². The molecule has 1 heteroatoms. The quantitative estimate of drug-likeness (QED) is 0.827. The zero-order chi connectivity index (χ0) is 15.3. The number of hydrogen-bond donors (Lipinski definition) is 1. The van der Waals surface area contributed by atoms with Gasteiger partial charge in [-0.1, -0.05) is 55.5 Å². The van der Waals surface area contributed by atoms with Crippen LogP contribution >= 0.6 is 0 Å². The van der Waals surface area contributed by atoms with Gasteiger partial charge in [0.2, 0.25) is 0 Å². The lowest BCUT2D eigenvalue weighted by Gasteiger charge is -2.35. The van der Waals surface area contributed by atoms with E-state index in [1.165, 1.54) is 22.3 Å². The number of benzene rings is 2. The van der Waals surface area contributed by atoms with Crippen LogP contribution in [0.25, 0.3) is 0 Å². The summed E-state index contributed by atoms with van der Waals surface area (Å²) >= 11 is 0. The molecule has 2 rings (SSSR count). The summed E-state index contributed by atoms with van der Waals surface area (Å²) in [5.74, 6) is 0. The molecule has 2 aromatic rings. The van der Waals surface area contributed by atoms with Crippen molar-refractivity contribution in [3.05, 3.63) is 70.8 Å². The lowest BCUT2D eigenvalue weighted by atomic mass is 9.72. The van der Waals surface area contributed by atoms with Crippen molar-refractivity contribution >= 4 is 0 Å². The highest BCUT2D eigenvalue weighted by atomic mass is 14.8. The normalized spacial score (nSPS) is 13.9. The fourth-order valence-corrected chi connectivity index (χ4v) is 3.32. The van der Waals surface area contributed by atoms with Crippen LogP contribution in [0.1, 0.15) is 35.6 Å². The Labute approximate surface area is 129 Å². The lowest BCUT2D eigenvalue weighted by Crippen LogP contribution is -2.38. The molecule has 1 nitrogen and oxygen atoms in total. The highest BCUT2D eigenvalue weighted by molar-refractivity contribution is 5.38. The predicted octanol–water partition coefficient (Wildman–Crippen LogP) is 4.41. The van der Waals surface area contributed by atoms with Crippen molar-refractivity contribution in [2.24, 2.45) is 0 Å². The van der Waals surface area contributed by atoms with Crippen LogP contribution in [0.3, 0.4) is 0 Å². The zero-order valence-electron chi connectivity index (χ0n) is 13.7.